The summed E-state index contributed by atoms with van der Waals surface area (Å²) in [6.45, 7) is 4.00. The number of carbonyl (C=O) groups is 1. The summed E-state index contributed by atoms with van der Waals surface area (Å²) in [4.78, 5) is 12.6. The summed E-state index contributed by atoms with van der Waals surface area (Å²) in [5, 5.41) is 14.2. The smallest absolute Gasteiger partial charge is 0.262 e. The number of amides is 1. The molecule has 1 amide bonds. The lowest BCUT2D eigenvalue weighted by atomic mass is 9.77. The number of rotatable bonds is 4. The fraction of sp³-hybridized carbons (Fsp3) is 0.250. The largest absolute Gasteiger partial charge is 0.374 e. The molecule has 0 fully saturated rings. The first-order valence-corrected chi connectivity index (χ1v) is 7.94. The average Bonchev–Trinajstić information content (AvgIpc) is 2.81. The third-order valence-corrected chi connectivity index (χ3v) is 4.35. The van der Waals surface area contributed by atoms with Gasteiger partial charge in [-0.25, -0.2) is 0 Å². The van der Waals surface area contributed by atoms with Gasteiger partial charge in [-0.1, -0.05) is 67.1 Å². The molecule has 3 nitrogen and oxygen atoms in total. The van der Waals surface area contributed by atoms with Crippen LogP contribution in [0.3, 0.4) is 0 Å². The molecule has 118 valence electrons. The van der Waals surface area contributed by atoms with Crippen LogP contribution in [-0.4, -0.2) is 11.0 Å². The molecule has 0 aliphatic carbocycles. The molecule has 1 aliphatic heterocycles. The van der Waals surface area contributed by atoms with Crippen molar-refractivity contribution in [3.63, 3.8) is 0 Å². The van der Waals surface area contributed by atoms with Crippen LogP contribution in [0.5, 0.6) is 0 Å². The van der Waals surface area contributed by atoms with Crippen molar-refractivity contribution >= 4 is 11.6 Å². The molecule has 1 heterocycles. The van der Waals surface area contributed by atoms with Crippen molar-refractivity contribution in [2.75, 3.05) is 5.32 Å². The normalized spacial score (nSPS) is 21.3. The highest BCUT2D eigenvalue weighted by atomic mass is 16.3. The Morgan fingerprint density at radius 2 is 1.96 bits per heavy atom. The number of hydrogen-bond acceptors (Lipinski definition) is 2. The lowest BCUT2D eigenvalue weighted by molar-refractivity contribution is -0.134. The molecular weight excluding hydrogens is 286 g/mol. The monoisotopic (exact) mass is 307 g/mol. The van der Waals surface area contributed by atoms with E-state index in [0.717, 1.165) is 17.5 Å². The average molecular weight is 307 g/mol. The second kappa shape index (κ2) is 6.01. The first kappa shape index (κ1) is 15.5. The summed E-state index contributed by atoms with van der Waals surface area (Å²) in [6, 6.07) is 15.4. The van der Waals surface area contributed by atoms with E-state index in [1.807, 2.05) is 74.5 Å². The van der Waals surface area contributed by atoms with Gasteiger partial charge in [-0.3, -0.25) is 4.79 Å². The summed E-state index contributed by atoms with van der Waals surface area (Å²) in [7, 11) is 0. The molecule has 0 radical (unpaired) electrons. The van der Waals surface area contributed by atoms with Gasteiger partial charge in [-0.2, -0.15) is 0 Å². The van der Waals surface area contributed by atoms with Gasteiger partial charge in [0.05, 0.1) is 0 Å². The van der Waals surface area contributed by atoms with E-state index in [-0.39, 0.29) is 5.91 Å². The quantitative estimate of drug-likeness (QED) is 0.842. The summed E-state index contributed by atoms with van der Waals surface area (Å²) in [6.07, 6.45) is 4.78. The Hall–Kier alpha value is -2.39. The molecule has 0 aromatic heterocycles. The van der Waals surface area contributed by atoms with Gasteiger partial charge >= 0.3 is 0 Å². The standard InChI is InChI=1S/C20H21NO2/c1-3-4-10-16(15-8-6-5-7-9-15)20(23)17-13-14(2)11-12-18(17)21-19(20)22/h4-13,16,23H,3H2,1-2H3,(H,21,22)/b10-4+/t16-,20-/m0/s1. The number of aryl methyl sites for hydroxylation is 1. The van der Waals surface area contributed by atoms with Crippen LogP contribution in [0.25, 0.3) is 0 Å². The second-order valence-electron chi connectivity index (χ2n) is 5.99. The number of anilines is 1. The maximum absolute atomic E-state index is 12.6. The van der Waals surface area contributed by atoms with Crippen molar-refractivity contribution in [1.82, 2.24) is 0 Å². The van der Waals surface area contributed by atoms with Crippen molar-refractivity contribution in [3.8, 4) is 0 Å². The Kier molecular flexibility index (Phi) is 4.05. The molecular formula is C20H21NO2. The summed E-state index contributed by atoms with van der Waals surface area (Å²) in [5.74, 6) is -0.792. The van der Waals surface area contributed by atoms with Gasteiger partial charge in [0.1, 0.15) is 0 Å². The maximum atomic E-state index is 12.6. The van der Waals surface area contributed by atoms with Crippen molar-refractivity contribution < 1.29 is 9.90 Å². The van der Waals surface area contributed by atoms with Crippen LogP contribution in [0, 0.1) is 6.92 Å². The molecule has 0 saturated heterocycles. The van der Waals surface area contributed by atoms with Gasteiger partial charge < -0.3 is 10.4 Å². The number of aliphatic hydroxyl groups is 1. The van der Waals surface area contributed by atoms with Crippen molar-refractivity contribution in [2.45, 2.75) is 31.8 Å². The molecule has 3 heteroatoms. The molecule has 0 spiro atoms. The third kappa shape index (κ3) is 2.57. The Morgan fingerprint density at radius 3 is 2.65 bits per heavy atom. The third-order valence-electron chi connectivity index (χ3n) is 4.35. The first-order chi connectivity index (χ1) is 11.1. The minimum Gasteiger partial charge on any atom is -0.374 e. The Morgan fingerprint density at radius 1 is 1.22 bits per heavy atom. The Balaban J connectivity index is 2.17. The predicted molar refractivity (Wildman–Crippen MR) is 92.3 cm³/mol. The maximum Gasteiger partial charge on any atom is 0.262 e. The molecule has 2 N–H and O–H groups in total. The molecule has 0 saturated carbocycles. The Bertz CT molecular complexity index is 751. The van der Waals surface area contributed by atoms with Gasteiger partial charge in [-0.05, 0) is 25.0 Å². The van der Waals surface area contributed by atoms with Crippen molar-refractivity contribution in [2.24, 2.45) is 0 Å². The van der Waals surface area contributed by atoms with E-state index in [2.05, 4.69) is 5.32 Å². The van der Waals surface area contributed by atoms with Crippen LogP contribution in [0.4, 0.5) is 5.69 Å². The highest BCUT2D eigenvalue weighted by Gasteiger charge is 2.50. The Labute approximate surface area is 136 Å². The zero-order valence-electron chi connectivity index (χ0n) is 13.4. The van der Waals surface area contributed by atoms with Crippen LogP contribution in [-0.2, 0) is 10.4 Å². The van der Waals surface area contributed by atoms with Gasteiger partial charge in [0.15, 0.2) is 5.60 Å². The lowest BCUT2D eigenvalue weighted by Gasteiger charge is -2.29. The molecule has 2 atom stereocenters. The molecule has 0 unspecified atom stereocenters. The minimum atomic E-state index is -1.59. The second-order valence-corrected chi connectivity index (χ2v) is 5.99. The number of allylic oxidation sites excluding steroid dienone is 1. The fourth-order valence-corrected chi connectivity index (χ4v) is 3.16. The van der Waals surface area contributed by atoms with Gasteiger partial charge in [0.2, 0.25) is 0 Å². The number of fused-ring (bicyclic) bond motifs is 1. The summed E-state index contributed by atoms with van der Waals surface area (Å²) in [5.41, 5.74) is 1.69. The SMILES string of the molecule is CC/C=C/[C@@H](c1ccccc1)[C@@]1(O)C(=O)Nc2ccc(C)cc21. The number of carbonyl (C=O) groups excluding carboxylic acids is 1. The zero-order valence-corrected chi connectivity index (χ0v) is 13.4. The van der Waals surface area contributed by atoms with Crippen LogP contribution >= 0.6 is 0 Å². The predicted octanol–water partition coefficient (Wildman–Crippen LogP) is 3.88. The molecule has 3 rings (SSSR count). The van der Waals surface area contributed by atoms with E-state index in [9.17, 15) is 9.90 Å². The van der Waals surface area contributed by atoms with E-state index in [4.69, 9.17) is 0 Å². The fourth-order valence-electron chi connectivity index (χ4n) is 3.16. The van der Waals surface area contributed by atoms with Crippen molar-refractivity contribution in [3.05, 3.63) is 77.4 Å². The van der Waals surface area contributed by atoms with Crippen molar-refractivity contribution in [1.29, 1.82) is 0 Å². The highest BCUT2D eigenvalue weighted by Crippen LogP contribution is 2.46. The van der Waals surface area contributed by atoms with E-state index >= 15 is 0 Å². The number of benzene rings is 2. The molecule has 23 heavy (non-hydrogen) atoms. The first-order valence-electron chi connectivity index (χ1n) is 7.94. The minimum absolute atomic E-state index is 0.368. The van der Waals surface area contributed by atoms with Crippen LogP contribution in [0.1, 0.15) is 36.0 Å². The zero-order chi connectivity index (χ0) is 16.4. The molecule has 1 aliphatic rings. The topological polar surface area (TPSA) is 49.3 Å². The highest BCUT2D eigenvalue weighted by molar-refractivity contribution is 6.06. The van der Waals surface area contributed by atoms with Gasteiger partial charge in [-0.15, -0.1) is 0 Å². The lowest BCUT2D eigenvalue weighted by Crippen LogP contribution is -2.39. The van der Waals surface area contributed by atoms with Crippen LogP contribution in [0.15, 0.2) is 60.7 Å². The number of nitrogens with one attached hydrogen (secondary N) is 1. The summed E-state index contributed by atoms with van der Waals surface area (Å²) < 4.78 is 0. The van der Waals surface area contributed by atoms with Gasteiger partial charge in [0.25, 0.3) is 5.91 Å². The van der Waals surface area contributed by atoms with E-state index in [0.29, 0.717) is 11.3 Å². The van der Waals surface area contributed by atoms with Gasteiger partial charge in [0, 0.05) is 17.2 Å². The van der Waals surface area contributed by atoms with E-state index in [1.54, 1.807) is 0 Å². The molecule has 2 aromatic carbocycles. The number of hydrogen-bond donors (Lipinski definition) is 2. The summed E-state index contributed by atoms with van der Waals surface area (Å²) >= 11 is 0. The van der Waals surface area contributed by atoms with E-state index in [1.165, 1.54) is 0 Å². The molecule has 0 bridgehead atoms. The van der Waals surface area contributed by atoms with Crippen LogP contribution in [0.2, 0.25) is 0 Å². The molecule has 2 aromatic rings. The van der Waals surface area contributed by atoms with E-state index < -0.39 is 11.5 Å². The van der Waals surface area contributed by atoms with Crippen LogP contribution < -0.4 is 5.32 Å².